The van der Waals surface area contributed by atoms with Gasteiger partial charge < -0.3 is 4.42 Å². The Balaban J connectivity index is 1.62. The fourth-order valence-corrected chi connectivity index (χ4v) is 2.99. The molecule has 4 rings (SSSR count). The summed E-state index contributed by atoms with van der Waals surface area (Å²) in [5.41, 5.74) is 5.99. The Morgan fingerprint density at radius 3 is 2.82 bits per heavy atom. The first-order valence-corrected chi connectivity index (χ1v) is 7.39. The normalized spacial score (nSPS) is 16.8. The SMILES string of the molecule is CC1Cc2ccccc2N1NC(=O)c1cc2ccccc2o1. The molecule has 2 heterocycles. The second-order valence-electron chi connectivity index (χ2n) is 5.64. The van der Waals surface area contributed by atoms with Gasteiger partial charge in [0.2, 0.25) is 0 Å². The van der Waals surface area contributed by atoms with Crippen molar-refractivity contribution in [2.75, 3.05) is 5.01 Å². The summed E-state index contributed by atoms with van der Waals surface area (Å²) in [6.07, 6.45) is 0.927. The highest BCUT2D eigenvalue weighted by molar-refractivity contribution is 5.97. The molecular formula is C18H16N2O2. The number of para-hydroxylation sites is 2. The van der Waals surface area contributed by atoms with E-state index in [2.05, 4.69) is 18.4 Å². The van der Waals surface area contributed by atoms with Crippen molar-refractivity contribution in [3.8, 4) is 0 Å². The van der Waals surface area contributed by atoms with Crippen LogP contribution >= 0.6 is 0 Å². The summed E-state index contributed by atoms with van der Waals surface area (Å²) in [4.78, 5) is 12.5. The van der Waals surface area contributed by atoms with Gasteiger partial charge in [-0.25, -0.2) is 0 Å². The van der Waals surface area contributed by atoms with Gasteiger partial charge in [0.1, 0.15) is 5.58 Å². The van der Waals surface area contributed by atoms with Crippen molar-refractivity contribution in [1.82, 2.24) is 5.43 Å². The zero-order valence-corrected chi connectivity index (χ0v) is 12.2. The quantitative estimate of drug-likeness (QED) is 0.786. The van der Waals surface area contributed by atoms with Gasteiger partial charge in [0.05, 0.1) is 11.7 Å². The molecule has 0 spiro atoms. The number of rotatable bonds is 2. The Bertz CT molecular complexity index is 820. The second kappa shape index (κ2) is 4.91. The molecule has 4 heteroatoms. The van der Waals surface area contributed by atoms with Gasteiger partial charge in [-0.3, -0.25) is 15.2 Å². The van der Waals surface area contributed by atoms with Gasteiger partial charge >= 0.3 is 5.91 Å². The molecule has 1 N–H and O–H groups in total. The lowest BCUT2D eigenvalue weighted by Crippen LogP contribution is -2.45. The molecule has 110 valence electrons. The summed E-state index contributed by atoms with van der Waals surface area (Å²) in [7, 11) is 0. The van der Waals surface area contributed by atoms with Gasteiger partial charge in [-0.15, -0.1) is 0 Å². The van der Waals surface area contributed by atoms with Crippen molar-refractivity contribution in [1.29, 1.82) is 0 Å². The van der Waals surface area contributed by atoms with Crippen LogP contribution in [0.3, 0.4) is 0 Å². The highest BCUT2D eigenvalue weighted by Gasteiger charge is 2.28. The van der Waals surface area contributed by atoms with Crippen molar-refractivity contribution in [2.24, 2.45) is 0 Å². The summed E-state index contributed by atoms with van der Waals surface area (Å²) < 4.78 is 5.62. The molecule has 1 aliphatic heterocycles. The molecule has 1 unspecified atom stereocenters. The first-order chi connectivity index (χ1) is 10.7. The molecule has 0 fully saturated rings. The third-order valence-corrected chi connectivity index (χ3v) is 4.08. The molecule has 0 aliphatic carbocycles. The number of hydrogen-bond acceptors (Lipinski definition) is 3. The number of furan rings is 1. The third-order valence-electron chi connectivity index (χ3n) is 4.08. The number of hydrogen-bond donors (Lipinski definition) is 1. The van der Waals surface area contributed by atoms with Crippen molar-refractivity contribution in [2.45, 2.75) is 19.4 Å². The van der Waals surface area contributed by atoms with Crippen LogP contribution in [0, 0.1) is 0 Å². The molecule has 0 radical (unpaired) electrons. The first kappa shape index (κ1) is 13.0. The predicted octanol–water partition coefficient (Wildman–Crippen LogP) is 3.53. The van der Waals surface area contributed by atoms with Crippen LogP contribution < -0.4 is 10.4 Å². The van der Waals surface area contributed by atoms with Gasteiger partial charge in [0, 0.05) is 5.39 Å². The van der Waals surface area contributed by atoms with Crippen LogP contribution in [0.5, 0.6) is 0 Å². The number of amides is 1. The molecule has 3 aromatic rings. The van der Waals surface area contributed by atoms with E-state index in [0.29, 0.717) is 5.76 Å². The van der Waals surface area contributed by atoms with Gasteiger partial charge in [-0.2, -0.15) is 0 Å². The Labute approximate surface area is 128 Å². The van der Waals surface area contributed by atoms with E-state index in [1.54, 1.807) is 6.07 Å². The summed E-state index contributed by atoms with van der Waals surface area (Å²) >= 11 is 0. The van der Waals surface area contributed by atoms with Gasteiger partial charge in [-0.1, -0.05) is 36.4 Å². The molecule has 22 heavy (non-hydrogen) atoms. The minimum atomic E-state index is -0.222. The van der Waals surface area contributed by atoms with E-state index in [0.717, 1.165) is 23.1 Å². The number of hydrazine groups is 1. The molecule has 0 bridgehead atoms. The number of nitrogens with one attached hydrogen (secondary N) is 1. The Morgan fingerprint density at radius 2 is 1.95 bits per heavy atom. The third kappa shape index (κ3) is 2.04. The summed E-state index contributed by atoms with van der Waals surface area (Å²) in [5, 5.41) is 2.85. The highest BCUT2D eigenvalue weighted by atomic mass is 16.3. The van der Waals surface area contributed by atoms with E-state index >= 15 is 0 Å². The van der Waals surface area contributed by atoms with Crippen molar-refractivity contribution in [3.05, 3.63) is 65.9 Å². The van der Waals surface area contributed by atoms with E-state index in [1.807, 2.05) is 47.5 Å². The fourth-order valence-electron chi connectivity index (χ4n) is 2.99. The van der Waals surface area contributed by atoms with Crippen LogP contribution in [-0.2, 0) is 6.42 Å². The van der Waals surface area contributed by atoms with Crippen LogP contribution in [0.25, 0.3) is 11.0 Å². The van der Waals surface area contributed by atoms with Gasteiger partial charge in [0.15, 0.2) is 5.76 Å². The van der Waals surface area contributed by atoms with Crippen molar-refractivity contribution < 1.29 is 9.21 Å². The van der Waals surface area contributed by atoms with Gasteiger partial charge in [-0.05, 0) is 37.1 Å². The topological polar surface area (TPSA) is 45.5 Å². The van der Waals surface area contributed by atoms with E-state index < -0.39 is 0 Å². The highest BCUT2D eigenvalue weighted by Crippen LogP contribution is 2.30. The monoisotopic (exact) mass is 292 g/mol. The number of nitrogens with zero attached hydrogens (tertiary/aromatic N) is 1. The summed E-state index contributed by atoms with van der Waals surface area (Å²) in [6.45, 7) is 2.10. The lowest BCUT2D eigenvalue weighted by atomic mass is 10.1. The lowest BCUT2D eigenvalue weighted by Gasteiger charge is -2.24. The Kier molecular flexibility index (Phi) is 2.89. The summed E-state index contributed by atoms with van der Waals surface area (Å²) in [5.74, 6) is 0.109. The average molecular weight is 292 g/mol. The van der Waals surface area contributed by atoms with Crippen molar-refractivity contribution >= 4 is 22.6 Å². The van der Waals surface area contributed by atoms with Crippen LogP contribution in [0.2, 0.25) is 0 Å². The van der Waals surface area contributed by atoms with Crippen molar-refractivity contribution in [3.63, 3.8) is 0 Å². The molecule has 1 aromatic heterocycles. The number of fused-ring (bicyclic) bond motifs is 2. The molecule has 0 saturated heterocycles. The molecule has 1 amide bonds. The zero-order chi connectivity index (χ0) is 15.1. The molecule has 4 nitrogen and oxygen atoms in total. The molecule has 1 atom stereocenters. The maximum Gasteiger partial charge on any atom is 0.305 e. The van der Waals surface area contributed by atoms with E-state index in [-0.39, 0.29) is 11.9 Å². The average Bonchev–Trinajstić information content (AvgIpc) is 3.09. The Morgan fingerprint density at radius 1 is 1.18 bits per heavy atom. The molecular weight excluding hydrogens is 276 g/mol. The van der Waals surface area contributed by atoms with E-state index in [1.165, 1.54) is 5.56 Å². The van der Waals surface area contributed by atoms with E-state index in [9.17, 15) is 4.79 Å². The maximum absolute atomic E-state index is 12.5. The predicted molar refractivity (Wildman–Crippen MR) is 85.8 cm³/mol. The number of carbonyl (C=O) groups is 1. The maximum atomic E-state index is 12.5. The van der Waals surface area contributed by atoms with Crippen LogP contribution in [-0.4, -0.2) is 11.9 Å². The first-order valence-electron chi connectivity index (χ1n) is 7.39. The smallest absolute Gasteiger partial charge is 0.305 e. The Hall–Kier alpha value is -2.75. The number of anilines is 1. The molecule has 0 saturated carbocycles. The number of carbonyl (C=O) groups excluding carboxylic acids is 1. The fraction of sp³-hybridized carbons (Fsp3) is 0.167. The second-order valence-corrected chi connectivity index (χ2v) is 5.64. The minimum Gasteiger partial charge on any atom is -0.451 e. The standard InChI is InChI=1S/C18H16N2O2/c1-12-10-13-6-2-4-8-15(13)20(12)19-18(21)17-11-14-7-3-5-9-16(14)22-17/h2-9,11-12H,10H2,1H3,(H,19,21). The van der Waals surface area contributed by atoms with E-state index in [4.69, 9.17) is 4.42 Å². The molecule has 2 aromatic carbocycles. The largest absolute Gasteiger partial charge is 0.451 e. The van der Waals surface area contributed by atoms with Gasteiger partial charge in [0.25, 0.3) is 0 Å². The zero-order valence-electron chi connectivity index (χ0n) is 12.2. The van der Waals surface area contributed by atoms with Crippen LogP contribution in [0.4, 0.5) is 5.69 Å². The number of benzene rings is 2. The summed E-state index contributed by atoms with van der Waals surface area (Å²) in [6, 6.07) is 17.8. The van der Waals surface area contributed by atoms with Crippen LogP contribution in [0.1, 0.15) is 23.0 Å². The molecule has 1 aliphatic rings. The van der Waals surface area contributed by atoms with Crippen LogP contribution in [0.15, 0.2) is 59.0 Å². The lowest BCUT2D eigenvalue weighted by molar-refractivity contribution is 0.0920. The minimum absolute atomic E-state index is 0.222.